The second kappa shape index (κ2) is 9.02. The summed E-state index contributed by atoms with van der Waals surface area (Å²) in [5, 5.41) is 3.37. The van der Waals surface area contributed by atoms with Crippen LogP contribution in [-0.4, -0.2) is 38.2 Å². The largest absolute Gasteiger partial charge is 0.496 e. The number of ketones is 1. The lowest BCUT2D eigenvalue weighted by Gasteiger charge is -2.39. The number of carbonyl (C=O) groups is 2. The zero-order valence-electron chi connectivity index (χ0n) is 19.0. The molecule has 0 amide bonds. The smallest absolute Gasteiger partial charge is 0.336 e. The molecule has 2 heterocycles. The summed E-state index contributed by atoms with van der Waals surface area (Å²) in [6.07, 6.45) is 2.95. The molecule has 4 rings (SSSR count). The number of esters is 1. The van der Waals surface area contributed by atoms with Crippen molar-refractivity contribution in [1.82, 2.24) is 5.32 Å². The number of hydrogen-bond acceptors (Lipinski definition) is 6. The quantitative estimate of drug-likeness (QED) is 0.582. The highest BCUT2D eigenvalue weighted by molar-refractivity contribution is 9.10. The number of halogens is 1. The second-order valence-corrected chi connectivity index (χ2v) is 10.5. The van der Waals surface area contributed by atoms with Crippen LogP contribution in [0.4, 0.5) is 0 Å². The first-order valence-corrected chi connectivity index (χ1v) is 11.9. The highest BCUT2D eigenvalue weighted by atomic mass is 79.9. The fraction of sp³-hybridized carbons (Fsp3) is 0.520. The van der Waals surface area contributed by atoms with Crippen LogP contribution in [0.1, 0.15) is 57.9 Å². The summed E-state index contributed by atoms with van der Waals surface area (Å²) in [4.78, 5) is 26.8. The lowest BCUT2D eigenvalue weighted by molar-refractivity contribution is -0.142. The van der Waals surface area contributed by atoms with Crippen LogP contribution in [0.3, 0.4) is 0 Å². The van der Waals surface area contributed by atoms with Crippen molar-refractivity contribution in [1.29, 1.82) is 0 Å². The molecule has 1 N–H and O–H groups in total. The predicted molar refractivity (Wildman–Crippen MR) is 124 cm³/mol. The molecule has 6 nitrogen and oxygen atoms in total. The van der Waals surface area contributed by atoms with Gasteiger partial charge in [0.15, 0.2) is 5.78 Å². The average Bonchev–Trinajstić information content (AvgIpc) is 3.23. The van der Waals surface area contributed by atoms with Crippen molar-refractivity contribution in [2.75, 3.05) is 20.3 Å². The van der Waals surface area contributed by atoms with Gasteiger partial charge >= 0.3 is 5.97 Å². The number of dihydropyridines is 1. The topological polar surface area (TPSA) is 73.9 Å². The van der Waals surface area contributed by atoms with Gasteiger partial charge in [-0.15, -0.1) is 0 Å². The summed E-state index contributed by atoms with van der Waals surface area (Å²) >= 11 is 3.54. The van der Waals surface area contributed by atoms with Gasteiger partial charge in [0.1, 0.15) is 12.4 Å². The Balaban J connectivity index is 1.78. The van der Waals surface area contributed by atoms with E-state index in [1.807, 2.05) is 25.1 Å². The van der Waals surface area contributed by atoms with E-state index in [2.05, 4.69) is 35.1 Å². The maximum absolute atomic E-state index is 13.4. The van der Waals surface area contributed by atoms with Crippen LogP contribution in [0.5, 0.6) is 5.75 Å². The van der Waals surface area contributed by atoms with Crippen molar-refractivity contribution >= 4 is 27.7 Å². The van der Waals surface area contributed by atoms with Gasteiger partial charge in [-0.2, -0.15) is 0 Å². The van der Waals surface area contributed by atoms with Gasteiger partial charge < -0.3 is 19.5 Å². The number of Topliss-reactive ketones (excluding diaryl/α,β-unsaturated/α-hetero) is 1. The number of carbonyl (C=O) groups excluding carboxylic acids is 2. The first-order chi connectivity index (χ1) is 15.2. The number of hydrogen-bond donors (Lipinski definition) is 1. The van der Waals surface area contributed by atoms with Crippen molar-refractivity contribution in [3.05, 3.63) is 50.8 Å². The number of rotatable bonds is 5. The van der Waals surface area contributed by atoms with E-state index in [1.165, 1.54) is 0 Å². The number of methoxy groups -OCH3 is 1. The monoisotopic (exact) mass is 503 g/mol. The molecule has 2 aliphatic heterocycles. The van der Waals surface area contributed by atoms with Gasteiger partial charge in [-0.3, -0.25) is 4.79 Å². The van der Waals surface area contributed by atoms with Crippen LogP contribution in [0.15, 0.2) is 45.2 Å². The zero-order chi connectivity index (χ0) is 23.0. The molecule has 0 radical (unpaired) electrons. The van der Waals surface area contributed by atoms with Gasteiger partial charge in [-0.1, -0.05) is 29.8 Å². The lowest BCUT2D eigenvalue weighted by atomic mass is 9.68. The molecule has 3 aliphatic rings. The van der Waals surface area contributed by atoms with Crippen LogP contribution in [0, 0.1) is 5.41 Å². The Morgan fingerprint density at radius 3 is 2.78 bits per heavy atom. The van der Waals surface area contributed by atoms with Crippen molar-refractivity contribution in [3.8, 4) is 5.75 Å². The zero-order valence-corrected chi connectivity index (χ0v) is 20.6. The van der Waals surface area contributed by atoms with E-state index in [-0.39, 0.29) is 23.9 Å². The molecule has 1 fully saturated rings. The summed E-state index contributed by atoms with van der Waals surface area (Å²) < 4.78 is 17.8. The molecule has 1 aromatic carbocycles. The molecular weight excluding hydrogens is 474 g/mol. The van der Waals surface area contributed by atoms with Gasteiger partial charge in [0.2, 0.25) is 0 Å². The summed E-state index contributed by atoms with van der Waals surface area (Å²) in [6, 6.07) is 5.66. The van der Waals surface area contributed by atoms with Crippen molar-refractivity contribution in [3.63, 3.8) is 0 Å². The lowest BCUT2D eigenvalue weighted by Crippen LogP contribution is -2.39. The minimum Gasteiger partial charge on any atom is -0.496 e. The standard InChI is InChI=1S/C25H30BrNO5/c1-14-21(24(29)32-13-16-6-5-9-31-16)22(17-10-15(26)7-8-20(17)30-4)23-18(27-14)11-25(2,3)12-19(23)28/h7-8,10,16,22,27H,5-6,9,11-13H2,1-4H3/t16-,22-/m1/s1. The van der Waals surface area contributed by atoms with Gasteiger partial charge in [-0.25, -0.2) is 4.79 Å². The minimum absolute atomic E-state index is 0.0488. The number of benzene rings is 1. The van der Waals surface area contributed by atoms with Crippen LogP contribution in [0.2, 0.25) is 0 Å². The molecule has 0 bridgehead atoms. The predicted octanol–water partition coefficient (Wildman–Crippen LogP) is 4.78. The SMILES string of the molecule is COc1ccc(Br)cc1[C@@H]1C(C(=O)OC[C@H]2CCCO2)=C(C)NC2=C1C(=O)CC(C)(C)C2. The first kappa shape index (κ1) is 23.1. The Morgan fingerprint density at radius 2 is 2.09 bits per heavy atom. The molecule has 0 unspecified atom stereocenters. The minimum atomic E-state index is -0.556. The molecular formula is C25H30BrNO5. The van der Waals surface area contributed by atoms with E-state index in [0.717, 1.165) is 35.0 Å². The van der Waals surface area contributed by atoms with Crippen LogP contribution >= 0.6 is 15.9 Å². The van der Waals surface area contributed by atoms with Crippen LogP contribution in [0.25, 0.3) is 0 Å². The van der Waals surface area contributed by atoms with Gasteiger partial charge in [0.25, 0.3) is 0 Å². The molecule has 0 saturated carbocycles. The Labute approximate surface area is 197 Å². The Morgan fingerprint density at radius 1 is 1.31 bits per heavy atom. The normalized spacial score (nSPS) is 24.8. The maximum Gasteiger partial charge on any atom is 0.336 e. The molecule has 32 heavy (non-hydrogen) atoms. The highest BCUT2D eigenvalue weighted by Gasteiger charge is 2.44. The van der Waals surface area contributed by atoms with Crippen molar-refractivity contribution < 1.29 is 23.8 Å². The average molecular weight is 504 g/mol. The van der Waals surface area contributed by atoms with Crippen LogP contribution in [-0.2, 0) is 19.1 Å². The fourth-order valence-electron chi connectivity index (χ4n) is 4.97. The number of nitrogens with one attached hydrogen (secondary N) is 1. The van der Waals surface area contributed by atoms with Crippen LogP contribution < -0.4 is 10.1 Å². The van der Waals surface area contributed by atoms with E-state index in [1.54, 1.807) is 7.11 Å². The van der Waals surface area contributed by atoms with Gasteiger partial charge in [0, 0.05) is 40.0 Å². The number of allylic oxidation sites excluding steroid dienone is 3. The molecule has 1 saturated heterocycles. The van der Waals surface area contributed by atoms with E-state index >= 15 is 0 Å². The Kier molecular flexibility index (Phi) is 6.50. The van der Waals surface area contributed by atoms with E-state index in [0.29, 0.717) is 35.6 Å². The van der Waals surface area contributed by atoms with E-state index < -0.39 is 11.9 Å². The van der Waals surface area contributed by atoms with Gasteiger partial charge in [-0.05, 0) is 49.8 Å². The highest BCUT2D eigenvalue weighted by Crippen LogP contribution is 2.49. The molecule has 1 aromatic rings. The molecule has 7 heteroatoms. The molecule has 172 valence electrons. The van der Waals surface area contributed by atoms with Crippen molar-refractivity contribution in [2.24, 2.45) is 5.41 Å². The third kappa shape index (κ3) is 4.50. The third-order valence-electron chi connectivity index (χ3n) is 6.39. The summed E-state index contributed by atoms with van der Waals surface area (Å²) in [6.45, 7) is 6.97. The van der Waals surface area contributed by atoms with E-state index in [9.17, 15) is 9.59 Å². The molecule has 1 aliphatic carbocycles. The molecule has 2 atom stereocenters. The third-order valence-corrected chi connectivity index (χ3v) is 6.88. The van der Waals surface area contributed by atoms with Gasteiger partial charge in [0.05, 0.1) is 24.7 Å². The Hall–Kier alpha value is -2.12. The van der Waals surface area contributed by atoms with Crippen molar-refractivity contribution in [2.45, 2.75) is 58.5 Å². The fourth-order valence-corrected chi connectivity index (χ4v) is 5.35. The maximum atomic E-state index is 13.4. The Bertz CT molecular complexity index is 1000. The summed E-state index contributed by atoms with van der Waals surface area (Å²) in [5.41, 5.74) is 3.30. The molecule has 0 spiro atoms. The summed E-state index contributed by atoms with van der Waals surface area (Å²) in [5.74, 6) is -0.310. The molecule has 0 aromatic heterocycles. The number of ether oxygens (including phenoxy) is 3. The first-order valence-electron chi connectivity index (χ1n) is 11.1. The van der Waals surface area contributed by atoms with E-state index in [4.69, 9.17) is 14.2 Å². The second-order valence-electron chi connectivity index (χ2n) is 9.55. The summed E-state index contributed by atoms with van der Waals surface area (Å²) in [7, 11) is 1.60.